The molecule has 0 saturated carbocycles. The summed E-state index contributed by atoms with van der Waals surface area (Å²) in [4.78, 5) is 10.2. The molecule has 1 aromatic carbocycles. The SMILES string of the molecule is NC1CCN(S(=O)(=O)c2ccc(C(=O)O)cc2F)CC1. The van der Waals surface area contributed by atoms with Crippen molar-refractivity contribution in [1.29, 1.82) is 0 Å². The number of carboxylic acids is 1. The number of carboxylic acid groups (broad SMARTS) is 1. The Balaban J connectivity index is 2.32. The van der Waals surface area contributed by atoms with Gasteiger partial charge in [0.25, 0.3) is 0 Å². The number of nitrogens with zero attached hydrogens (tertiary/aromatic N) is 1. The maximum absolute atomic E-state index is 13.8. The van der Waals surface area contributed by atoms with E-state index in [2.05, 4.69) is 0 Å². The average Bonchev–Trinajstić information content (AvgIpc) is 2.38. The van der Waals surface area contributed by atoms with Crippen LogP contribution in [0.25, 0.3) is 0 Å². The first kappa shape index (κ1) is 14.9. The largest absolute Gasteiger partial charge is 0.478 e. The minimum Gasteiger partial charge on any atom is -0.478 e. The van der Waals surface area contributed by atoms with Crippen LogP contribution in [0.5, 0.6) is 0 Å². The highest BCUT2D eigenvalue weighted by atomic mass is 32.2. The van der Waals surface area contributed by atoms with Crippen LogP contribution in [-0.4, -0.2) is 42.9 Å². The van der Waals surface area contributed by atoms with E-state index < -0.39 is 26.7 Å². The summed E-state index contributed by atoms with van der Waals surface area (Å²) in [6, 6.07) is 2.74. The van der Waals surface area contributed by atoms with Gasteiger partial charge >= 0.3 is 5.97 Å². The number of hydrogen-bond acceptors (Lipinski definition) is 4. The average molecular weight is 302 g/mol. The second-order valence-corrected chi connectivity index (χ2v) is 6.60. The first-order valence-corrected chi connectivity index (χ1v) is 7.55. The van der Waals surface area contributed by atoms with Crippen molar-refractivity contribution in [2.45, 2.75) is 23.8 Å². The molecule has 0 aliphatic carbocycles. The first-order valence-electron chi connectivity index (χ1n) is 6.11. The molecule has 1 aliphatic heterocycles. The molecule has 1 saturated heterocycles. The standard InChI is InChI=1S/C12H15FN2O4S/c13-10-7-8(12(16)17)1-2-11(10)20(18,19)15-5-3-9(14)4-6-15/h1-2,7,9H,3-6,14H2,(H,16,17). The summed E-state index contributed by atoms with van der Waals surface area (Å²) in [5.74, 6) is -2.36. The number of hydrogen-bond donors (Lipinski definition) is 2. The Morgan fingerprint density at radius 3 is 2.45 bits per heavy atom. The number of halogens is 1. The molecular weight excluding hydrogens is 287 g/mol. The number of benzene rings is 1. The summed E-state index contributed by atoms with van der Waals surface area (Å²) >= 11 is 0. The van der Waals surface area contributed by atoms with Crippen LogP contribution >= 0.6 is 0 Å². The number of aromatic carboxylic acids is 1. The molecule has 1 heterocycles. The predicted octanol–water partition coefficient (Wildman–Crippen LogP) is 0.636. The number of nitrogens with two attached hydrogens (primary N) is 1. The van der Waals surface area contributed by atoms with E-state index in [1.165, 1.54) is 4.31 Å². The Morgan fingerprint density at radius 1 is 1.35 bits per heavy atom. The van der Waals surface area contributed by atoms with Crippen LogP contribution in [-0.2, 0) is 10.0 Å². The maximum atomic E-state index is 13.8. The van der Waals surface area contributed by atoms with Crippen molar-refractivity contribution in [1.82, 2.24) is 4.31 Å². The smallest absolute Gasteiger partial charge is 0.335 e. The third kappa shape index (κ3) is 2.82. The van der Waals surface area contributed by atoms with E-state index in [1.807, 2.05) is 0 Å². The van der Waals surface area contributed by atoms with Gasteiger partial charge in [0.2, 0.25) is 10.0 Å². The second-order valence-electron chi connectivity index (χ2n) is 4.69. The highest BCUT2D eigenvalue weighted by Gasteiger charge is 2.30. The van der Waals surface area contributed by atoms with Crippen molar-refractivity contribution >= 4 is 16.0 Å². The predicted molar refractivity (Wildman–Crippen MR) is 69.3 cm³/mol. The van der Waals surface area contributed by atoms with Gasteiger partial charge in [0.15, 0.2) is 0 Å². The Labute approximate surface area is 116 Å². The van der Waals surface area contributed by atoms with Crippen LogP contribution in [0, 0.1) is 5.82 Å². The number of sulfonamides is 1. The molecule has 0 bridgehead atoms. The quantitative estimate of drug-likeness (QED) is 0.853. The second kappa shape index (κ2) is 5.47. The van der Waals surface area contributed by atoms with Gasteiger partial charge in [-0.2, -0.15) is 4.31 Å². The molecule has 1 aromatic rings. The summed E-state index contributed by atoms with van der Waals surface area (Å²) in [6.07, 6.45) is 1.04. The highest BCUT2D eigenvalue weighted by molar-refractivity contribution is 7.89. The van der Waals surface area contributed by atoms with Gasteiger partial charge in [-0.05, 0) is 31.0 Å². The molecular formula is C12H15FN2O4S. The zero-order chi connectivity index (χ0) is 14.9. The molecule has 0 spiro atoms. The highest BCUT2D eigenvalue weighted by Crippen LogP contribution is 2.23. The number of carbonyl (C=O) groups is 1. The molecule has 3 N–H and O–H groups in total. The number of rotatable bonds is 3. The lowest BCUT2D eigenvalue weighted by Crippen LogP contribution is -2.43. The van der Waals surface area contributed by atoms with Gasteiger partial charge < -0.3 is 10.8 Å². The minimum atomic E-state index is -3.95. The van der Waals surface area contributed by atoms with Crippen molar-refractivity contribution in [2.75, 3.05) is 13.1 Å². The van der Waals surface area contributed by atoms with Gasteiger partial charge in [0.1, 0.15) is 10.7 Å². The lowest BCUT2D eigenvalue weighted by Gasteiger charge is -2.29. The fourth-order valence-electron chi connectivity index (χ4n) is 2.10. The van der Waals surface area contributed by atoms with Crippen LogP contribution in [0.15, 0.2) is 23.1 Å². The third-order valence-corrected chi connectivity index (χ3v) is 5.23. The molecule has 8 heteroatoms. The zero-order valence-corrected chi connectivity index (χ0v) is 11.4. The monoisotopic (exact) mass is 302 g/mol. The Kier molecular flexibility index (Phi) is 4.07. The van der Waals surface area contributed by atoms with Gasteiger partial charge in [-0.25, -0.2) is 17.6 Å². The summed E-state index contributed by atoms with van der Waals surface area (Å²) in [5, 5.41) is 8.74. The fraction of sp³-hybridized carbons (Fsp3) is 0.417. The van der Waals surface area contributed by atoms with E-state index in [9.17, 15) is 17.6 Å². The van der Waals surface area contributed by atoms with Crippen LogP contribution in [0.4, 0.5) is 4.39 Å². The molecule has 20 heavy (non-hydrogen) atoms. The summed E-state index contributed by atoms with van der Waals surface area (Å²) in [6.45, 7) is 0.479. The molecule has 1 aliphatic rings. The summed E-state index contributed by atoms with van der Waals surface area (Å²) < 4.78 is 39.6. The van der Waals surface area contributed by atoms with Crippen molar-refractivity contribution in [3.05, 3.63) is 29.6 Å². The van der Waals surface area contributed by atoms with Crippen LogP contribution in [0.2, 0.25) is 0 Å². The van der Waals surface area contributed by atoms with E-state index in [1.54, 1.807) is 0 Å². The molecule has 0 unspecified atom stereocenters. The van der Waals surface area contributed by atoms with E-state index in [-0.39, 0.29) is 24.7 Å². The molecule has 6 nitrogen and oxygen atoms in total. The molecule has 2 rings (SSSR count). The molecule has 0 aromatic heterocycles. The number of piperidine rings is 1. The molecule has 0 radical (unpaired) electrons. The fourth-order valence-corrected chi connectivity index (χ4v) is 3.61. The van der Waals surface area contributed by atoms with Crippen LogP contribution in [0.3, 0.4) is 0 Å². The van der Waals surface area contributed by atoms with E-state index in [0.29, 0.717) is 18.9 Å². The lowest BCUT2D eigenvalue weighted by atomic mass is 10.1. The summed E-state index contributed by atoms with van der Waals surface area (Å²) in [5.41, 5.74) is 5.41. The van der Waals surface area contributed by atoms with Gasteiger partial charge in [-0.1, -0.05) is 0 Å². The minimum absolute atomic E-state index is 0.0410. The van der Waals surface area contributed by atoms with Gasteiger partial charge in [-0.15, -0.1) is 0 Å². The van der Waals surface area contributed by atoms with Crippen molar-refractivity contribution in [3.63, 3.8) is 0 Å². The zero-order valence-electron chi connectivity index (χ0n) is 10.6. The van der Waals surface area contributed by atoms with Gasteiger partial charge in [-0.3, -0.25) is 0 Å². The first-order chi connectivity index (χ1) is 9.32. The van der Waals surface area contributed by atoms with Crippen LogP contribution in [0.1, 0.15) is 23.2 Å². The molecule has 0 atom stereocenters. The van der Waals surface area contributed by atoms with Gasteiger partial charge in [0.05, 0.1) is 5.56 Å². The van der Waals surface area contributed by atoms with Crippen molar-refractivity contribution < 1.29 is 22.7 Å². The lowest BCUT2D eigenvalue weighted by molar-refractivity contribution is 0.0696. The van der Waals surface area contributed by atoms with Crippen molar-refractivity contribution in [3.8, 4) is 0 Å². The maximum Gasteiger partial charge on any atom is 0.335 e. The molecule has 0 amide bonds. The Morgan fingerprint density at radius 2 is 1.95 bits per heavy atom. The van der Waals surface area contributed by atoms with E-state index in [4.69, 9.17) is 10.8 Å². The van der Waals surface area contributed by atoms with E-state index >= 15 is 0 Å². The van der Waals surface area contributed by atoms with Gasteiger partial charge in [0, 0.05) is 19.1 Å². The topological polar surface area (TPSA) is 101 Å². The normalized spacial score (nSPS) is 18.1. The van der Waals surface area contributed by atoms with Crippen LogP contribution < -0.4 is 5.73 Å². The van der Waals surface area contributed by atoms with E-state index in [0.717, 1.165) is 12.1 Å². The Bertz CT molecular complexity index is 624. The molecule has 1 fully saturated rings. The molecule has 110 valence electrons. The summed E-state index contributed by atoms with van der Waals surface area (Å²) in [7, 11) is -3.95. The third-order valence-electron chi connectivity index (χ3n) is 3.30. The Hall–Kier alpha value is -1.51. The van der Waals surface area contributed by atoms with Crippen molar-refractivity contribution in [2.24, 2.45) is 5.73 Å².